The quantitative estimate of drug-likeness (QED) is 0.913. The molecular formula is C18H25FO2. The largest absolute Gasteiger partial charge is 0.497 e. The highest BCUT2D eigenvalue weighted by Crippen LogP contribution is 2.51. The number of halogens is 1. The molecule has 2 bridgehead atoms. The maximum atomic E-state index is 14.5. The van der Waals surface area contributed by atoms with Gasteiger partial charge in [0.25, 0.3) is 0 Å². The summed E-state index contributed by atoms with van der Waals surface area (Å²) >= 11 is 0. The van der Waals surface area contributed by atoms with Gasteiger partial charge in [-0.1, -0.05) is 26.2 Å². The summed E-state index contributed by atoms with van der Waals surface area (Å²) in [5, 5.41) is 11.0. The van der Waals surface area contributed by atoms with Crippen LogP contribution in [-0.4, -0.2) is 18.3 Å². The first-order chi connectivity index (χ1) is 10.1. The Hall–Kier alpha value is -1.09. The average molecular weight is 292 g/mol. The Morgan fingerprint density at radius 1 is 1.38 bits per heavy atom. The number of methoxy groups -OCH3 is 1. The fraction of sp³-hybridized carbons (Fsp3) is 0.667. The summed E-state index contributed by atoms with van der Waals surface area (Å²) in [6, 6.07) is 3.46. The van der Waals surface area contributed by atoms with Crippen molar-refractivity contribution in [2.45, 2.75) is 63.4 Å². The number of benzene rings is 1. The van der Waals surface area contributed by atoms with E-state index in [0.29, 0.717) is 12.2 Å². The number of aliphatic hydroxyl groups excluding tert-OH is 1. The van der Waals surface area contributed by atoms with Crippen molar-refractivity contribution in [2.75, 3.05) is 7.11 Å². The molecule has 0 amide bonds. The van der Waals surface area contributed by atoms with Gasteiger partial charge in [0, 0.05) is 11.5 Å². The first-order valence-corrected chi connectivity index (χ1v) is 8.17. The van der Waals surface area contributed by atoms with Crippen LogP contribution in [0.1, 0.15) is 56.6 Å². The van der Waals surface area contributed by atoms with Gasteiger partial charge in [0.05, 0.1) is 13.2 Å². The van der Waals surface area contributed by atoms with Crippen molar-refractivity contribution >= 4 is 0 Å². The average Bonchev–Trinajstić information content (AvgIpc) is 2.57. The van der Waals surface area contributed by atoms with Gasteiger partial charge in [0.2, 0.25) is 0 Å². The molecule has 0 heterocycles. The lowest BCUT2D eigenvalue weighted by molar-refractivity contribution is 0.0128. The number of hydrogen-bond acceptors (Lipinski definition) is 2. The molecule has 2 nitrogen and oxygen atoms in total. The van der Waals surface area contributed by atoms with Crippen LogP contribution in [0, 0.1) is 11.7 Å². The molecule has 2 aliphatic rings. The summed E-state index contributed by atoms with van der Waals surface area (Å²) < 4.78 is 19.8. The van der Waals surface area contributed by atoms with Crippen LogP contribution < -0.4 is 4.74 Å². The SMILES string of the molecule is CCCC12CCCCC(Cc3c(F)cc(OC)cc31)C2O. The highest BCUT2D eigenvalue weighted by atomic mass is 19.1. The zero-order chi connectivity index (χ0) is 15.0. The van der Waals surface area contributed by atoms with E-state index in [2.05, 4.69) is 6.92 Å². The zero-order valence-electron chi connectivity index (χ0n) is 13.0. The van der Waals surface area contributed by atoms with E-state index in [-0.39, 0.29) is 23.3 Å². The van der Waals surface area contributed by atoms with E-state index in [9.17, 15) is 9.50 Å². The minimum absolute atomic E-state index is 0.163. The van der Waals surface area contributed by atoms with Crippen LogP contribution in [0.15, 0.2) is 12.1 Å². The molecule has 1 N–H and O–H groups in total. The number of rotatable bonds is 3. The standard InChI is InChI=1S/C18H25FO2/c1-3-7-18-8-5-4-6-12(17(18)20)9-14-15(18)10-13(21-2)11-16(14)19/h10-12,17,20H,3-9H2,1-2H3. The summed E-state index contributed by atoms with van der Waals surface area (Å²) in [7, 11) is 1.57. The van der Waals surface area contributed by atoms with Crippen molar-refractivity contribution in [2.24, 2.45) is 5.92 Å². The van der Waals surface area contributed by atoms with Gasteiger partial charge in [-0.25, -0.2) is 4.39 Å². The Balaban J connectivity index is 2.20. The van der Waals surface area contributed by atoms with E-state index in [1.807, 2.05) is 6.07 Å². The second-order valence-corrected chi connectivity index (χ2v) is 6.70. The Bertz CT molecular complexity index is 528. The van der Waals surface area contributed by atoms with Crippen LogP contribution in [0.5, 0.6) is 5.75 Å². The molecular weight excluding hydrogens is 267 g/mol. The summed E-state index contributed by atoms with van der Waals surface area (Å²) in [5.74, 6) is 0.606. The van der Waals surface area contributed by atoms with Crippen LogP contribution in [0.4, 0.5) is 4.39 Å². The predicted molar refractivity (Wildman–Crippen MR) is 81.2 cm³/mol. The molecule has 1 fully saturated rings. The van der Waals surface area contributed by atoms with Gasteiger partial charge in [0.1, 0.15) is 11.6 Å². The van der Waals surface area contributed by atoms with Gasteiger partial charge >= 0.3 is 0 Å². The molecule has 3 heteroatoms. The second-order valence-electron chi connectivity index (χ2n) is 6.70. The van der Waals surface area contributed by atoms with Crippen molar-refractivity contribution in [3.63, 3.8) is 0 Å². The Morgan fingerprint density at radius 3 is 2.90 bits per heavy atom. The van der Waals surface area contributed by atoms with Crippen molar-refractivity contribution < 1.29 is 14.2 Å². The summed E-state index contributed by atoms with van der Waals surface area (Å²) in [4.78, 5) is 0. The van der Waals surface area contributed by atoms with E-state index in [0.717, 1.165) is 49.7 Å². The highest BCUT2D eigenvalue weighted by Gasteiger charge is 2.49. The Morgan fingerprint density at radius 2 is 2.19 bits per heavy atom. The fourth-order valence-corrected chi connectivity index (χ4v) is 4.61. The van der Waals surface area contributed by atoms with Crippen LogP contribution in [-0.2, 0) is 11.8 Å². The summed E-state index contributed by atoms with van der Waals surface area (Å²) in [6.07, 6.45) is 6.46. The van der Waals surface area contributed by atoms with Gasteiger partial charge in [-0.3, -0.25) is 0 Å². The molecule has 3 unspecified atom stereocenters. The van der Waals surface area contributed by atoms with E-state index in [4.69, 9.17) is 4.74 Å². The minimum atomic E-state index is -0.348. The predicted octanol–water partition coefficient (Wildman–Crippen LogP) is 3.98. The van der Waals surface area contributed by atoms with E-state index >= 15 is 0 Å². The van der Waals surface area contributed by atoms with Crippen LogP contribution in [0.2, 0.25) is 0 Å². The lowest BCUT2D eigenvalue weighted by atomic mass is 9.61. The number of fused-ring (bicyclic) bond motifs is 4. The van der Waals surface area contributed by atoms with E-state index in [1.54, 1.807) is 7.11 Å². The van der Waals surface area contributed by atoms with Crippen molar-refractivity contribution in [1.82, 2.24) is 0 Å². The molecule has 1 saturated carbocycles. The maximum Gasteiger partial charge on any atom is 0.130 e. The zero-order valence-corrected chi connectivity index (χ0v) is 13.0. The first kappa shape index (κ1) is 14.8. The first-order valence-electron chi connectivity index (χ1n) is 8.17. The molecule has 3 rings (SSSR count). The third-order valence-electron chi connectivity index (χ3n) is 5.56. The second kappa shape index (κ2) is 5.60. The molecule has 0 aliphatic heterocycles. The molecule has 0 saturated heterocycles. The monoisotopic (exact) mass is 292 g/mol. The van der Waals surface area contributed by atoms with Gasteiger partial charge in [-0.05, 0) is 48.8 Å². The van der Waals surface area contributed by atoms with Gasteiger partial charge in [0.15, 0.2) is 0 Å². The molecule has 0 spiro atoms. The van der Waals surface area contributed by atoms with Gasteiger partial charge < -0.3 is 9.84 Å². The lowest BCUT2D eigenvalue weighted by Gasteiger charge is -2.46. The van der Waals surface area contributed by atoms with Crippen molar-refractivity contribution in [3.8, 4) is 5.75 Å². The molecule has 3 atom stereocenters. The molecule has 116 valence electrons. The van der Waals surface area contributed by atoms with Gasteiger partial charge in [-0.15, -0.1) is 0 Å². The van der Waals surface area contributed by atoms with Crippen LogP contribution in [0.3, 0.4) is 0 Å². The summed E-state index contributed by atoms with van der Waals surface area (Å²) in [5.41, 5.74) is 1.55. The van der Waals surface area contributed by atoms with Crippen LogP contribution >= 0.6 is 0 Å². The van der Waals surface area contributed by atoms with E-state index < -0.39 is 0 Å². The maximum absolute atomic E-state index is 14.5. The normalized spacial score (nSPS) is 31.4. The molecule has 1 aromatic carbocycles. The number of ether oxygens (including phenoxy) is 1. The van der Waals surface area contributed by atoms with Gasteiger partial charge in [-0.2, -0.15) is 0 Å². The highest BCUT2D eigenvalue weighted by molar-refractivity contribution is 5.45. The lowest BCUT2D eigenvalue weighted by Crippen LogP contribution is -2.48. The van der Waals surface area contributed by atoms with E-state index in [1.165, 1.54) is 6.07 Å². The Kier molecular flexibility index (Phi) is 3.96. The molecule has 1 aromatic rings. The number of hydrogen-bond donors (Lipinski definition) is 1. The topological polar surface area (TPSA) is 29.5 Å². The minimum Gasteiger partial charge on any atom is -0.497 e. The smallest absolute Gasteiger partial charge is 0.130 e. The Labute approximate surface area is 126 Å². The molecule has 0 radical (unpaired) electrons. The van der Waals surface area contributed by atoms with Crippen molar-refractivity contribution in [1.29, 1.82) is 0 Å². The van der Waals surface area contributed by atoms with Crippen molar-refractivity contribution in [3.05, 3.63) is 29.1 Å². The number of aliphatic hydroxyl groups is 1. The molecule has 2 aliphatic carbocycles. The van der Waals surface area contributed by atoms with Crippen LogP contribution in [0.25, 0.3) is 0 Å². The summed E-state index contributed by atoms with van der Waals surface area (Å²) in [6.45, 7) is 2.15. The fourth-order valence-electron chi connectivity index (χ4n) is 4.61. The molecule has 0 aromatic heterocycles. The third-order valence-corrected chi connectivity index (χ3v) is 5.56. The molecule has 21 heavy (non-hydrogen) atoms. The third kappa shape index (κ3) is 2.26.